The van der Waals surface area contributed by atoms with Crippen LogP contribution in [-0.2, 0) is 21.2 Å². The number of sulfonamides is 1. The van der Waals surface area contributed by atoms with Gasteiger partial charge in [-0.2, -0.15) is 0 Å². The molecule has 0 saturated carbocycles. The summed E-state index contributed by atoms with van der Waals surface area (Å²) in [6.07, 6.45) is 0.513. The molecule has 0 fully saturated rings. The van der Waals surface area contributed by atoms with E-state index in [0.29, 0.717) is 12.2 Å². The van der Waals surface area contributed by atoms with Gasteiger partial charge in [0, 0.05) is 6.54 Å². The Labute approximate surface area is 154 Å². The number of hydrogen-bond acceptors (Lipinski definition) is 4. The maximum atomic E-state index is 12.8. The number of nitrogens with one attached hydrogen (secondary N) is 2. The van der Waals surface area contributed by atoms with Crippen LogP contribution in [-0.4, -0.2) is 40.8 Å². The first kappa shape index (κ1) is 19.9. The van der Waals surface area contributed by atoms with E-state index in [2.05, 4.69) is 10.0 Å². The third-order valence-electron chi connectivity index (χ3n) is 4.08. The highest BCUT2D eigenvalue weighted by molar-refractivity contribution is 7.89. The minimum absolute atomic E-state index is 0.0528. The maximum Gasteiger partial charge on any atom is 0.227 e. The molecule has 1 atom stereocenters. The van der Waals surface area contributed by atoms with Gasteiger partial charge in [0.25, 0.3) is 0 Å². The van der Waals surface area contributed by atoms with E-state index in [-0.39, 0.29) is 18.2 Å². The average molecular weight is 376 g/mol. The Kier molecular flexibility index (Phi) is 7.17. The van der Waals surface area contributed by atoms with Crippen molar-refractivity contribution in [2.24, 2.45) is 0 Å². The van der Waals surface area contributed by atoms with Crippen LogP contribution in [0.4, 0.5) is 0 Å². The van der Waals surface area contributed by atoms with Crippen molar-refractivity contribution >= 4 is 15.9 Å². The Morgan fingerprint density at radius 3 is 2.50 bits per heavy atom. The van der Waals surface area contributed by atoms with Crippen LogP contribution in [0.2, 0.25) is 0 Å². The zero-order valence-corrected chi connectivity index (χ0v) is 15.8. The Morgan fingerprint density at radius 1 is 1.12 bits per heavy atom. The molecule has 0 aliphatic rings. The predicted octanol–water partition coefficient (Wildman–Crippen LogP) is 1.69. The Hall–Kier alpha value is -2.38. The number of methoxy groups -OCH3 is 1. The fourth-order valence-corrected chi connectivity index (χ4v) is 3.18. The number of rotatable bonds is 9. The molecule has 1 amide bonds. The highest BCUT2D eigenvalue weighted by Crippen LogP contribution is 2.25. The number of carbonyl (C=O) groups is 1. The molecule has 0 heterocycles. The first-order valence-corrected chi connectivity index (χ1v) is 9.97. The average Bonchev–Trinajstić information content (AvgIpc) is 2.66. The van der Waals surface area contributed by atoms with Crippen molar-refractivity contribution < 1.29 is 17.9 Å². The van der Waals surface area contributed by atoms with Gasteiger partial charge >= 0.3 is 0 Å². The molecule has 6 nitrogen and oxygen atoms in total. The van der Waals surface area contributed by atoms with Crippen molar-refractivity contribution in [2.75, 3.05) is 26.5 Å². The second-order valence-electron chi connectivity index (χ2n) is 5.83. The molecule has 0 radical (unpaired) electrons. The van der Waals surface area contributed by atoms with E-state index >= 15 is 0 Å². The van der Waals surface area contributed by atoms with Crippen LogP contribution in [0.3, 0.4) is 0 Å². The van der Waals surface area contributed by atoms with Crippen LogP contribution in [0.5, 0.6) is 5.75 Å². The highest BCUT2D eigenvalue weighted by Gasteiger charge is 2.22. The zero-order chi connectivity index (χ0) is 19.0. The Morgan fingerprint density at radius 2 is 1.85 bits per heavy atom. The zero-order valence-electron chi connectivity index (χ0n) is 14.9. The fraction of sp³-hybridized carbons (Fsp3) is 0.316. The molecule has 2 aromatic carbocycles. The number of carbonyl (C=O) groups excluding carboxylic acids is 1. The third-order valence-corrected chi connectivity index (χ3v) is 5.44. The van der Waals surface area contributed by atoms with Gasteiger partial charge in [-0.15, -0.1) is 0 Å². The SMILES string of the molecule is CNS(=O)(=O)CCNC(=O)C(Cc1ccccc1)c1cccc(OC)c1. The van der Waals surface area contributed by atoms with Crippen molar-refractivity contribution in [3.05, 3.63) is 65.7 Å². The first-order chi connectivity index (χ1) is 12.4. The van der Waals surface area contributed by atoms with Crippen LogP contribution in [0.15, 0.2) is 54.6 Å². The molecule has 7 heteroatoms. The molecule has 140 valence electrons. The van der Waals surface area contributed by atoms with Crippen LogP contribution in [0.1, 0.15) is 17.0 Å². The highest BCUT2D eigenvalue weighted by atomic mass is 32.2. The first-order valence-electron chi connectivity index (χ1n) is 8.32. The molecular formula is C19H24N2O4S. The summed E-state index contributed by atoms with van der Waals surface area (Å²) in [7, 11) is -0.430. The second kappa shape index (κ2) is 9.35. The molecule has 26 heavy (non-hydrogen) atoms. The lowest BCUT2D eigenvalue weighted by Crippen LogP contribution is -2.36. The molecule has 0 saturated heterocycles. The summed E-state index contributed by atoms with van der Waals surface area (Å²) in [5, 5.41) is 2.73. The molecule has 1 unspecified atom stereocenters. The largest absolute Gasteiger partial charge is 0.497 e. The molecule has 2 aromatic rings. The summed E-state index contributed by atoms with van der Waals surface area (Å²) in [5.74, 6) is -0.143. The smallest absolute Gasteiger partial charge is 0.227 e. The van der Waals surface area contributed by atoms with Crippen LogP contribution >= 0.6 is 0 Å². The summed E-state index contributed by atoms with van der Waals surface area (Å²) in [5.41, 5.74) is 1.85. The summed E-state index contributed by atoms with van der Waals surface area (Å²) >= 11 is 0. The standard InChI is InChI=1S/C19H24N2O4S/c1-20-26(23,24)12-11-21-19(22)18(13-15-7-4-3-5-8-15)16-9-6-10-17(14-16)25-2/h3-10,14,18,20H,11-13H2,1-2H3,(H,21,22). The van der Waals surface area contributed by atoms with Gasteiger partial charge in [-0.25, -0.2) is 13.1 Å². The van der Waals surface area contributed by atoms with Crippen LogP contribution < -0.4 is 14.8 Å². The van der Waals surface area contributed by atoms with Gasteiger partial charge < -0.3 is 10.1 Å². The second-order valence-corrected chi connectivity index (χ2v) is 7.88. The predicted molar refractivity (Wildman–Crippen MR) is 102 cm³/mol. The topological polar surface area (TPSA) is 84.5 Å². The van der Waals surface area contributed by atoms with Crippen LogP contribution in [0.25, 0.3) is 0 Å². The molecule has 0 aromatic heterocycles. The minimum atomic E-state index is -3.36. The van der Waals surface area contributed by atoms with Gasteiger partial charge in [-0.3, -0.25) is 4.79 Å². The molecule has 2 N–H and O–H groups in total. The van der Waals surface area contributed by atoms with Crippen molar-refractivity contribution in [3.8, 4) is 5.75 Å². The van der Waals surface area contributed by atoms with Crippen molar-refractivity contribution in [1.29, 1.82) is 0 Å². The molecule has 0 spiro atoms. The number of ether oxygens (including phenoxy) is 1. The van der Waals surface area contributed by atoms with Gasteiger partial charge in [0.2, 0.25) is 15.9 Å². The number of benzene rings is 2. The van der Waals surface area contributed by atoms with Crippen molar-refractivity contribution in [3.63, 3.8) is 0 Å². The Balaban J connectivity index is 2.17. The summed E-state index contributed by atoms with van der Waals surface area (Å²) < 4.78 is 30.5. The van der Waals surface area contributed by atoms with E-state index in [1.165, 1.54) is 7.05 Å². The van der Waals surface area contributed by atoms with E-state index in [1.54, 1.807) is 7.11 Å². The van der Waals surface area contributed by atoms with Gasteiger partial charge in [0.1, 0.15) is 5.75 Å². The molecule has 0 bridgehead atoms. The minimum Gasteiger partial charge on any atom is -0.497 e. The van der Waals surface area contributed by atoms with Gasteiger partial charge in [-0.1, -0.05) is 42.5 Å². The van der Waals surface area contributed by atoms with Gasteiger partial charge in [0.15, 0.2) is 0 Å². The molecule has 0 aliphatic carbocycles. The lowest BCUT2D eigenvalue weighted by Gasteiger charge is -2.18. The Bertz CT molecular complexity index is 822. The third kappa shape index (κ3) is 5.86. The number of hydrogen-bond donors (Lipinski definition) is 2. The normalized spacial score (nSPS) is 12.4. The van der Waals surface area contributed by atoms with E-state index in [4.69, 9.17) is 4.74 Å². The number of amides is 1. The van der Waals surface area contributed by atoms with E-state index in [9.17, 15) is 13.2 Å². The quantitative estimate of drug-likeness (QED) is 0.697. The lowest BCUT2D eigenvalue weighted by molar-refractivity contribution is -0.122. The molecular weight excluding hydrogens is 352 g/mol. The molecule has 0 aliphatic heterocycles. The van der Waals surface area contributed by atoms with Crippen molar-refractivity contribution in [1.82, 2.24) is 10.0 Å². The summed E-state index contributed by atoms with van der Waals surface area (Å²) in [4.78, 5) is 12.8. The van der Waals surface area contributed by atoms with E-state index < -0.39 is 15.9 Å². The van der Waals surface area contributed by atoms with Gasteiger partial charge in [-0.05, 0) is 36.7 Å². The lowest BCUT2D eigenvalue weighted by atomic mass is 9.91. The summed E-state index contributed by atoms with van der Waals surface area (Å²) in [6.45, 7) is 0.0528. The van der Waals surface area contributed by atoms with E-state index in [1.807, 2.05) is 54.6 Å². The van der Waals surface area contributed by atoms with Crippen LogP contribution in [0, 0.1) is 0 Å². The maximum absolute atomic E-state index is 12.8. The van der Waals surface area contributed by atoms with Crippen molar-refractivity contribution in [2.45, 2.75) is 12.3 Å². The molecule has 2 rings (SSSR count). The monoisotopic (exact) mass is 376 g/mol. The van der Waals surface area contributed by atoms with Gasteiger partial charge in [0.05, 0.1) is 18.8 Å². The summed E-state index contributed by atoms with van der Waals surface area (Å²) in [6, 6.07) is 17.1. The van der Waals surface area contributed by atoms with E-state index in [0.717, 1.165) is 11.1 Å². The fourth-order valence-electron chi connectivity index (χ4n) is 2.60.